The van der Waals surface area contributed by atoms with E-state index >= 15 is 0 Å². The molecule has 14 nitrogen and oxygen atoms in total. The number of H-pyrrole nitrogens is 1. The first-order valence-corrected chi connectivity index (χ1v) is 19.9. The van der Waals surface area contributed by atoms with E-state index in [0.717, 1.165) is 0 Å². The number of Topliss-reactive ketones (excluding diaryl/α,β-unsaturated/α-hetero) is 1. The zero-order valence-corrected chi connectivity index (χ0v) is 37.8. The number of anilines is 4. The second-order valence-electron chi connectivity index (χ2n) is 11.2. The van der Waals surface area contributed by atoms with Crippen LogP contribution in [-0.4, -0.2) is 50.1 Å². The summed E-state index contributed by atoms with van der Waals surface area (Å²) in [6.45, 7) is 0. The maximum atomic E-state index is 13.3. The van der Waals surface area contributed by atoms with Crippen molar-refractivity contribution in [2.24, 2.45) is 5.16 Å². The molecule has 318 valence electrons. The highest BCUT2D eigenvalue weighted by Crippen LogP contribution is 2.31. The fourth-order valence-electron chi connectivity index (χ4n) is 4.33. The van der Waals surface area contributed by atoms with Gasteiger partial charge in [-0.25, -0.2) is 31.7 Å². The largest absolute Gasteiger partial charge is 0.478 e. The molecular formula is C37H23Br5F5N7O7. The van der Waals surface area contributed by atoms with Crippen LogP contribution in [0.4, 0.5) is 44.7 Å². The number of aromatic amines is 1. The van der Waals surface area contributed by atoms with E-state index in [1.807, 2.05) is 0 Å². The Morgan fingerprint density at radius 2 is 1.28 bits per heavy atom. The van der Waals surface area contributed by atoms with Crippen LogP contribution in [0.15, 0.2) is 111 Å². The Morgan fingerprint density at radius 1 is 0.721 bits per heavy atom. The van der Waals surface area contributed by atoms with Gasteiger partial charge >= 0.3 is 5.97 Å². The number of fused-ring (bicyclic) bond motifs is 2. The molecule has 61 heavy (non-hydrogen) atoms. The summed E-state index contributed by atoms with van der Waals surface area (Å²) in [6, 6.07) is 17.6. The lowest BCUT2D eigenvalue weighted by atomic mass is 10.1. The normalized spacial score (nSPS) is 11.0. The van der Waals surface area contributed by atoms with Crippen molar-refractivity contribution < 1.29 is 51.4 Å². The lowest BCUT2D eigenvalue weighted by molar-refractivity contribution is -0.112. The molecule has 2 amide bonds. The molecule has 0 saturated carbocycles. The Hall–Kier alpha value is -5.56. The average Bonchev–Trinajstić information content (AvgIpc) is 3.51. The lowest BCUT2D eigenvalue weighted by Gasteiger charge is -2.03. The van der Waals surface area contributed by atoms with Gasteiger partial charge in [0.25, 0.3) is 23.2 Å². The molecule has 0 radical (unpaired) electrons. The average molecular weight is 1170 g/mol. The minimum atomic E-state index is -1.24. The van der Waals surface area contributed by atoms with Crippen LogP contribution in [-0.2, 0) is 9.59 Å². The van der Waals surface area contributed by atoms with Crippen molar-refractivity contribution in [3.63, 3.8) is 0 Å². The molecule has 0 aliphatic carbocycles. The van der Waals surface area contributed by atoms with Gasteiger partial charge in [-0.3, -0.25) is 19.2 Å². The van der Waals surface area contributed by atoms with E-state index in [1.165, 1.54) is 60.9 Å². The quantitative estimate of drug-likeness (QED) is 0.0221. The number of nitrogens with zero attached hydrogens (tertiary/aromatic N) is 2. The molecule has 6 aromatic rings. The van der Waals surface area contributed by atoms with E-state index in [2.05, 4.69) is 105 Å². The van der Waals surface area contributed by atoms with Gasteiger partial charge in [0.15, 0.2) is 29.1 Å². The second kappa shape index (κ2) is 22.9. The summed E-state index contributed by atoms with van der Waals surface area (Å²) in [5, 5.41) is 23.7. The van der Waals surface area contributed by atoms with E-state index in [9.17, 15) is 45.9 Å². The molecule has 24 heteroatoms. The van der Waals surface area contributed by atoms with Crippen LogP contribution in [0, 0.1) is 29.1 Å². The van der Waals surface area contributed by atoms with Crippen molar-refractivity contribution in [2.75, 3.05) is 22.1 Å². The Labute approximate surface area is 381 Å². The van der Waals surface area contributed by atoms with Crippen LogP contribution in [0.2, 0.25) is 0 Å². The molecule has 1 aliphatic rings. The fraction of sp³-hybridized carbons (Fsp3) is 0. The number of rotatable bonds is 3. The minimum Gasteiger partial charge on any atom is -0.478 e. The molecule has 2 heterocycles. The van der Waals surface area contributed by atoms with Gasteiger partial charge in [0.1, 0.15) is 11.7 Å². The third kappa shape index (κ3) is 13.2. The van der Waals surface area contributed by atoms with E-state index in [0.29, 0.717) is 15.2 Å². The summed E-state index contributed by atoms with van der Waals surface area (Å²) in [5.74, 6) is -6.25. The molecule has 0 unspecified atom stereocenters. The number of nitrogens with one attached hydrogen (secondary N) is 3. The Balaban J connectivity index is 0.000000205. The maximum absolute atomic E-state index is 13.3. The molecule has 0 atom stereocenters. The highest BCUT2D eigenvalue weighted by Gasteiger charge is 2.31. The second-order valence-corrected chi connectivity index (χ2v) is 15.4. The summed E-state index contributed by atoms with van der Waals surface area (Å²) in [7, 11) is 0. The SMILES string of the molecule is Nc1c(C(=O)O)ccc(Br)c1F.Nc1cccc(Br)c1F.O=C(/C=N/O)Nc1cccc(Br)c1F.O=C1Nc2c(ccc(Br)c2F)C1=O.O=c1[nH]cnc2c(F)c(Br)ccc12. The van der Waals surface area contributed by atoms with E-state index in [-0.39, 0.29) is 63.8 Å². The molecule has 5 aromatic carbocycles. The molecule has 0 spiro atoms. The number of carbonyl (C=O) groups excluding carboxylic acids is 3. The van der Waals surface area contributed by atoms with Crippen molar-refractivity contribution >= 4 is 143 Å². The number of ketones is 1. The standard InChI is InChI=1S/C8H6BrFN2O2.C8H4BrFN2O.C8H3BrFNO2.C7H5BrFNO2.C6H5BrFN/c9-5-2-1-3-6(8(5)10)12-7(13)4-11-14;9-5-2-1-4-7(6(5)10)11-3-12-8(4)13;9-4-2-1-3-6(5(4)10)11-8(13)7(3)12;8-4-2-1-3(7(11)12)6(10)5(4)9;7-4-2-1-3-5(9)6(4)8/h1-4,14H,(H,12,13);1-3H,(H,11,12,13);1-2H,(H,11,12,13);1-2H,10H2,(H,11,12);1-3H,9H2/b11-4+;;;;. The fourth-order valence-corrected chi connectivity index (χ4v) is 6.07. The molecular weight excluding hydrogens is 1150 g/mol. The number of carbonyl (C=O) groups is 4. The number of nitrogen functional groups attached to an aromatic ring is 2. The Kier molecular flexibility index (Phi) is 18.7. The summed E-state index contributed by atoms with van der Waals surface area (Å²) >= 11 is 14.8. The number of nitrogens with two attached hydrogens (primary N) is 2. The van der Waals surface area contributed by atoms with E-state index in [1.54, 1.807) is 18.2 Å². The molecule has 1 aromatic heterocycles. The van der Waals surface area contributed by atoms with Gasteiger partial charge in [0, 0.05) is 0 Å². The predicted octanol–water partition coefficient (Wildman–Crippen LogP) is 9.57. The van der Waals surface area contributed by atoms with Crippen LogP contribution < -0.4 is 27.7 Å². The number of carboxylic acids is 1. The van der Waals surface area contributed by atoms with Crippen LogP contribution in [0.3, 0.4) is 0 Å². The van der Waals surface area contributed by atoms with Gasteiger partial charge in [-0.05, 0) is 140 Å². The summed E-state index contributed by atoms with van der Waals surface area (Å²) in [6.07, 6.45) is 1.82. The molecule has 0 bridgehead atoms. The number of amides is 2. The van der Waals surface area contributed by atoms with Crippen molar-refractivity contribution in [1.29, 1.82) is 0 Å². The van der Waals surface area contributed by atoms with Crippen molar-refractivity contribution in [3.8, 4) is 0 Å². The monoisotopic (exact) mass is 1170 g/mol. The topological polar surface area (TPSA) is 243 Å². The highest BCUT2D eigenvalue weighted by atomic mass is 79.9. The first-order valence-electron chi connectivity index (χ1n) is 15.9. The van der Waals surface area contributed by atoms with Gasteiger partial charge in [0.2, 0.25) is 0 Å². The number of benzene rings is 5. The molecule has 9 N–H and O–H groups in total. The number of halogens is 10. The smallest absolute Gasteiger partial charge is 0.337 e. The first kappa shape index (κ1) is 49.8. The summed E-state index contributed by atoms with van der Waals surface area (Å²) in [5.41, 5.74) is 9.82. The number of oxime groups is 1. The van der Waals surface area contributed by atoms with Crippen molar-refractivity contribution in [1.82, 2.24) is 9.97 Å². The molecule has 7 rings (SSSR count). The number of aromatic carboxylic acids is 1. The van der Waals surface area contributed by atoms with Crippen molar-refractivity contribution in [2.45, 2.75) is 0 Å². The molecule has 0 fully saturated rings. The summed E-state index contributed by atoms with van der Waals surface area (Å²) < 4.78 is 66.6. The van der Waals surface area contributed by atoms with E-state index in [4.69, 9.17) is 21.8 Å². The lowest BCUT2D eigenvalue weighted by Crippen LogP contribution is -2.13. The molecule has 0 saturated heterocycles. The Morgan fingerprint density at radius 3 is 1.89 bits per heavy atom. The highest BCUT2D eigenvalue weighted by molar-refractivity contribution is 9.11. The first-order chi connectivity index (χ1) is 28.7. The van der Waals surface area contributed by atoms with Crippen LogP contribution in [0.5, 0.6) is 0 Å². The van der Waals surface area contributed by atoms with Crippen LogP contribution in [0.1, 0.15) is 20.7 Å². The number of carboxylic acid groups (broad SMARTS) is 1. The summed E-state index contributed by atoms with van der Waals surface area (Å²) in [4.78, 5) is 60.5. The number of hydrogen-bond acceptors (Lipinski definition) is 10. The van der Waals surface area contributed by atoms with Crippen molar-refractivity contribution in [3.05, 3.63) is 152 Å². The van der Waals surface area contributed by atoms with Gasteiger partial charge in [0.05, 0.1) is 68.0 Å². The van der Waals surface area contributed by atoms with Gasteiger partial charge < -0.3 is 37.4 Å². The zero-order chi connectivity index (χ0) is 45.7. The van der Waals surface area contributed by atoms with Crippen LogP contribution in [0.25, 0.3) is 10.9 Å². The van der Waals surface area contributed by atoms with Gasteiger partial charge in [-0.15, -0.1) is 0 Å². The van der Waals surface area contributed by atoms with Crippen LogP contribution >= 0.6 is 79.6 Å². The van der Waals surface area contributed by atoms with Gasteiger partial charge in [-0.2, -0.15) is 0 Å². The maximum Gasteiger partial charge on any atom is 0.337 e. The predicted molar refractivity (Wildman–Crippen MR) is 234 cm³/mol. The third-order valence-corrected chi connectivity index (χ3v) is 10.3. The van der Waals surface area contributed by atoms with Gasteiger partial charge in [-0.1, -0.05) is 17.3 Å². The third-order valence-electron chi connectivity index (χ3n) is 7.22. The number of hydrogen-bond donors (Lipinski definition) is 7. The van der Waals surface area contributed by atoms with E-state index < -0.39 is 52.7 Å². The minimum absolute atomic E-state index is 0.0178. The zero-order valence-electron chi connectivity index (χ0n) is 29.8. The molecule has 1 aliphatic heterocycles. The Bertz CT molecular complexity index is 2730. The number of aromatic nitrogens is 2.